The molecule has 0 amide bonds. The molecule has 0 aliphatic rings. The van der Waals surface area contributed by atoms with Crippen LogP contribution in [0.1, 0.15) is 40.0 Å². The molecule has 0 spiro atoms. The summed E-state index contributed by atoms with van der Waals surface area (Å²) >= 11 is 0. The molecule has 0 atom stereocenters. The van der Waals surface area contributed by atoms with Gasteiger partial charge in [-0.25, -0.2) is 0 Å². The topological polar surface area (TPSA) is 34.1 Å². The van der Waals surface area contributed by atoms with Crippen LogP contribution >= 0.6 is 0 Å². The molecular formula is C9H15O2. The second-order valence-electron chi connectivity index (χ2n) is 3.45. The summed E-state index contributed by atoms with van der Waals surface area (Å²) in [5, 5.41) is 0. The van der Waals surface area contributed by atoms with Crippen LogP contribution < -0.4 is 0 Å². The zero-order valence-corrected chi connectivity index (χ0v) is 7.44. The van der Waals surface area contributed by atoms with Crippen LogP contribution in [0.25, 0.3) is 0 Å². The highest BCUT2D eigenvalue weighted by Gasteiger charge is 2.21. The second kappa shape index (κ2) is 4.27. The number of hydrogen-bond acceptors (Lipinski definition) is 2. The van der Waals surface area contributed by atoms with E-state index in [1.165, 1.54) is 0 Å². The van der Waals surface area contributed by atoms with Gasteiger partial charge in [0.2, 0.25) is 6.29 Å². The van der Waals surface area contributed by atoms with Crippen LogP contribution in [0.5, 0.6) is 0 Å². The second-order valence-corrected chi connectivity index (χ2v) is 3.45. The van der Waals surface area contributed by atoms with Crippen molar-refractivity contribution in [3.05, 3.63) is 0 Å². The minimum Gasteiger partial charge on any atom is -0.300 e. The monoisotopic (exact) mass is 155 g/mol. The van der Waals surface area contributed by atoms with Gasteiger partial charge in [-0.05, 0) is 6.42 Å². The molecule has 0 aromatic heterocycles. The van der Waals surface area contributed by atoms with Crippen molar-refractivity contribution in [3.63, 3.8) is 0 Å². The van der Waals surface area contributed by atoms with E-state index in [0.29, 0.717) is 12.8 Å². The first-order chi connectivity index (χ1) is 5.02. The maximum Gasteiger partial charge on any atom is 0.204 e. The Morgan fingerprint density at radius 1 is 1.45 bits per heavy atom. The number of hydrogen-bond donors (Lipinski definition) is 0. The van der Waals surface area contributed by atoms with Gasteiger partial charge in [0.1, 0.15) is 5.78 Å². The van der Waals surface area contributed by atoms with E-state index in [2.05, 4.69) is 0 Å². The standard InChI is InChI=1S/C9H15O2/c1-4-5-8(11)6-9(2,3)7-10/h4-6H2,1-3H3. The third kappa shape index (κ3) is 4.71. The Balaban J connectivity index is 3.83. The van der Waals surface area contributed by atoms with Gasteiger partial charge < -0.3 is 0 Å². The zero-order chi connectivity index (χ0) is 8.91. The Hall–Kier alpha value is -0.660. The molecule has 0 saturated heterocycles. The van der Waals surface area contributed by atoms with Crippen LogP contribution in [0.15, 0.2) is 0 Å². The lowest BCUT2D eigenvalue weighted by molar-refractivity contribution is -0.120. The Kier molecular flexibility index (Phi) is 4.01. The molecule has 0 aliphatic heterocycles. The molecule has 0 fully saturated rings. The van der Waals surface area contributed by atoms with Gasteiger partial charge in [-0.1, -0.05) is 20.8 Å². The maximum atomic E-state index is 11.0. The average Bonchev–Trinajstić information content (AvgIpc) is 1.87. The Morgan fingerprint density at radius 3 is 2.36 bits per heavy atom. The SMILES string of the molecule is CCCC(=O)CC(C)(C)[C]=O. The molecule has 0 aromatic rings. The lowest BCUT2D eigenvalue weighted by Crippen LogP contribution is -2.18. The molecule has 0 saturated carbocycles. The van der Waals surface area contributed by atoms with Crippen molar-refractivity contribution in [2.24, 2.45) is 5.41 Å². The van der Waals surface area contributed by atoms with Gasteiger partial charge in [0.05, 0.1) is 0 Å². The number of carbonyl (C=O) groups is 1. The third-order valence-corrected chi connectivity index (χ3v) is 1.44. The average molecular weight is 155 g/mol. The first-order valence-electron chi connectivity index (χ1n) is 3.93. The summed E-state index contributed by atoms with van der Waals surface area (Å²) in [5.74, 6) is 0.154. The Morgan fingerprint density at radius 2 is 2.00 bits per heavy atom. The zero-order valence-electron chi connectivity index (χ0n) is 7.44. The Bertz CT molecular complexity index is 148. The quantitative estimate of drug-likeness (QED) is 0.607. The van der Waals surface area contributed by atoms with Gasteiger partial charge in [0.25, 0.3) is 0 Å². The van der Waals surface area contributed by atoms with E-state index in [4.69, 9.17) is 0 Å². The fraction of sp³-hybridized carbons (Fsp3) is 0.778. The summed E-state index contributed by atoms with van der Waals surface area (Å²) in [6, 6.07) is 0. The molecule has 0 N–H and O–H groups in total. The lowest BCUT2D eigenvalue weighted by Gasteiger charge is -2.13. The summed E-state index contributed by atoms with van der Waals surface area (Å²) in [4.78, 5) is 21.3. The molecule has 1 radical (unpaired) electrons. The smallest absolute Gasteiger partial charge is 0.204 e. The molecule has 0 aromatic carbocycles. The van der Waals surface area contributed by atoms with E-state index in [0.717, 1.165) is 6.42 Å². The van der Waals surface area contributed by atoms with Gasteiger partial charge in [-0.15, -0.1) is 0 Å². The molecule has 2 nitrogen and oxygen atoms in total. The molecule has 0 unspecified atom stereocenters. The van der Waals surface area contributed by atoms with Crippen molar-refractivity contribution in [1.82, 2.24) is 0 Å². The minimum atomic E-state index is -0.591. The van der Waals surface area contributed by atoms with Crippen molar-refractivity contribution in [2.75, 3.05) is 0 Å². The predicted octanol–water partition coefficient (Wildman–Crippen LogP) is 1.88. The molecule has 0 bridgehead atoms. The normalized spacial score (nSPS) is 11.2. The van der Waals surface area contributed by atoms with Crippen LogP contribution in [0, 0.1) is 5.41 Å². The molecule has 0 heterocycles. The van der Waals surface area contributed by atoms with Gasteiger partial charge in [-0.2, -0.15) is 0 Å². The first kappa shape index (κ1) is 10.3. The molecule has 0 rings (SSSR count). The summed E-state index contributed by atoms with van der Waals surface area (Å²) in [5.41, 5.74) is -0.591. The third-order valence-electron chi connectivity index (χ3n) is 1.44. The minimum absolute atomic E-state index is 0.154. The van der Waals surface area contributed by atoms with E-state index in [9.17, 15) is 9.59 Å². The highest BCUT2D eigenvalue weighted by Crippen LogP contribution is 2.17. The lowest BCUT2D eigenvalue weighted by atomic mass is 9.88. The summed E-state index contributed by atoms with van der Waals surface area (Å²) in [6.45, 7) is 5.41. The van der Waals surface area contributed by atoms with Crippen molar-refractivity contribution in [3.8, 4) is 0 Å². The van der Waals surface area contributed by atoms with Crippen LogP contribution in [-0.4, -0.2) is 12.1 Å². The number of rotatable bonds is 5. The van der Waals surface area contributed by atoms with Crippen molar-refractivity contribution < 1.29 is 9.59 Å². The van der Waals surface area contributed by atoms with E-state index in [1.54, 1.807) is 13.8 Å². The van der Waals surface area contributed by atoms with Crippen LogP contribution in [-0.2, 0) is 9.59 Å². The van der Waals surface area contributed by atoms with Crippen molar-refractivity contribution in [1.29, 1.82) is 0 Å². The number of carbonyl (C=O) groups excluding carboxylic acids is 2. The van der Waals surface area contributed by atoms with Gasteiger partial charge in [0.15, 0.2) is 0 Å². The first-order valence-corrected chi connectivity index (χ1v) is 3.93. The van der Waals surface area contributed by atoms with Crippen LogP contribution in [0.2, 0.25) is 0 Å². The van der Waals surface area contributed by atoms with Crippen LogP contribution in [0.4, 0.5) is 0 Å². The highest BCUT2D eigenvalue weighted by atomic mass is 16.1. The molecule has 2 heteroatoms. The molecule has 63 valence electrons. The van der Waals surface area contributed by atoms with E-state index in [-0.39, 0.29) is 5.78 Å². The predicted molar refractivity (Wildman–Crippen MR) is 44.0 cm³/mol. The summed E-state index contributed by atoms with van der Waals surface area (Å²) < 4.78 is 0. The Labute approximate surface area is 68.0 Å². The van der Waals surface area contributed by atoms with Crippen LogP contribution in [0.3, 0.4) is 0 Å². The highest BCUT2D eigenvalue weighted by molar-refractivity contribution is 5.82. The van der Waals surface area contributed by atoms with Crippen molar-refractivity contribution in [2.45, 2.75) is 40.0 Å². The summed E-state index contributed by atoms with van der Waals surface area (Å²) in [7, 11) is 0. The fourth-order valence-electron chi connectivity index (χ4n) is 0.896. The molecule has 11 heavy (non-hydrogen) atoms. The molecular weight excluding hydrogens is 140 g/mol. The number of Topliss-reactive ketones (excluding diaryl/α,β-unsaturated/α-hetero) is 1. The maximum absolute atomic E-state index is 11.0. The molecule has 0 aliphatic carbocycles. The van der Waals surface area contributed by atoms with Gasteiger partial charge >= 0.3 is 0 Å². The van der Waals surface area contributed by atoms with E-state index >= 15 is 0 Å². The van der Waals surface area contributed by atoms with E-state index < -0.39 is 5.41 Å². The van der Waals surface area contributed by atoms with Gasteiger partial charge in [0, 0.05) is 18.3 Å². The number of ketones is 1. The van der Waals surface area contributed by atoms with E-state index in [1.807, 2.05) is 13.2 Å². The van der Waals surface area contributed by atoms with Gasteiger partial charge in [-0.3, -0.25) is 9.59 Å². The summed E-state index contributed by atoms with van der Waals surface area (Å²) in [6.07, 6.45) is 3.61. The largest absolute Gasteiger partial charge is 0.300 e. The van der Waals surface area contributed by atoms with Crippen molar-refractivity contribution >= 4 is 12.1 Å². The fourth-order valence-corrected chi connectivity index (χ4v) is 0.896.